The monoisotopic (exact) mass is 334 g/mol. The number of carbonyl (C=O) groups is 1. The van der Waals surface area contributed by atoms with Crippen LogP contribution in [-0.2, 0) is 14.3 Å². The van der Waals surface area contributed by atoms with Gasteiger partial charge in [0.2, 0.25) is 0 Å². The predicted molar refractivity (Wildman–Crippen MR) is 88.9 cm³/mol. The average molecular weight is 335 g/mol. The number of halogens is 1. The second kappa shape index (κ2) is 6.43. The second-order valence-electron chi connectivity index (χ2n) is 5.77. The summed E-state index contributed by atoms with van der Waals surface area (Å²) >= 11 is 6.01. The van der Waals surface area contributed by atoms with Crippen molar-refractivity contribution >= 4 is 28.8 Å². The molecule has 1 aromatic rings. The van der Waals surface area contributed by atoms with Crippen LogP contribution < -0.4 is 5.73 Å². The topological polar surface area (TPSA) is 73.9 Å². The van der Waals surface area contributed by atoms with Crippen LogP contribution >= 0.6 is 11.6 Å². The van der Waals surface area contributed by atoms with Crippen molar-refractivity contribution in [3.63, 3.8) is 0 Å². The Morgan fingerprint density at radius 1 is 1.35 bits per heavy atom. The van der Waals surface area contributed by atoms with E-state index in [9.17, 15) is 4.79 Å². The number of Topliss-reactive ketones (excluding diaryl/α,β-unsaturated/α-hetero) is 1. The van der Waals surface area contributed by atoms with Gasteiger partial charge in [-0.05, 0) is 24.6 Å². The number of ether oxygens (including phenoxy) is 2. The summed E-state index contributed by atoms with van der Waals surface area (Å²) in [6.45, 7) is 2.58. The molecule has 1 aliphatic heterocycles. The van der Waals surface area contributed by atoms with Gasteiger partial charge in [-0.2, -0.15) is 0 Å². The van der Waals surface area contributed by atoms with Crippen molar-refractivity contribution in [3.8, 4) is 0 Å². The summed E-state index contributed by atoms with van der Waals surface area (Å²) in [5, 5.41) is 0.617. The van der Waals surface area contributed by atoms with Crippen molar-refractivity contribution in [1.29, 1.82) is 0 Å². The molecule has 0 aromatic heterocycles. The number of carbonyl (C=O) groups excluding carboxylic acids is 1. The normalized spacial score (nSPS) is 24.2. The number of allylic oxidation sites excluding steroid dienone is 1. The first-order chi connectivity index (χ1) is 11.0. The van der Waals surface area contributed by atoms with E-state index in [2.05, 4.69) is 4.99 Å². The lowest BCUT2D eigenvalue weighted by molar-refractivity contribution is -0.161. The standard InChI is InChI=1S/C17H19ClN2O3/c1-11(21)16(19)14-10-17(22-7-8-23-17)6-5-15(14)20-13-4-2-3-12(18)9-13/h2-4,9H,5-8,10,19H2,1H3/b16-14-,20-15?. The first-order valence-corrected chi connectivity index (χ1v) is 7.98. The third kappa shape index (κ3) is 3.47. The zero-order valence-corrected chi connectivity index (χ0v) is 13.7. The van der Waals surface area contributed by atoms with Crippen molar-refractivity contribution in [2.45, 2.75) is 32.0 Å². The van der Waals surface area contributed by atoms with Gasteiger partial charge in [-0.15, -0.1) is 0 Å². The molecule has 0 radical (unpaired) electrons. The lowest BCUT2D eigenvalue weighted by atomic mass is 9.85. The quantitative estimate of drug-likeness (QED) is 0.843. The van der Waals surface area contributed by atoms with E-state index in [0.717, 1.165) is 11.4 Å². The Kier molecular flexibility index (Phi) is 4.53. The number of benzene rings is 1. The van der Waals surface area contributed by atoms with Crippen LogP contribution in [0.1, 0.15) is 26.2 Å². The zero-order chi connectivity index (χ0) is 16.4. The highest BCUT2D eigenvalue weighted by Gasteiger charge is 2.42. The summed E-state index contributed by atoms with van der Waals surface area (Å²) < 4.78 is 11.5. The van der Waals surface area contributed by atoms with Crippen molar-refractivity contribution in [2.24, 2.45) is 10.7 Å². The van der Waals surface area contributed by atoms with Crippen molar-refractivity contribution < 1.29 is 14.3 Å². The Bertz CT molecular complexity index is 691. The fourth-order valence-corrected chi connectivity index (χ4v) is 3.14. The number of hydrogen-bond donors (Lipinski definition) is 1. The van der Waals surface area contributed by atoms with E-state index in [1.807, 2.05) is 12.1 Å². The van der Waals surface area contributed by atoms with Gasteiger partial charge in [0, 0.05) is 36.1 Å². The van der Waals surface area contributed by atoms with Gasteiger partial charge in [-0.1, -0.05) is 17.7 Å². The van der Waals surface area contributed by atoms with Gasteiger partial charge in [0.1, 0.15) is 0 Å². The Morgan fingerprint density at radius 3 is 2.74 bits per heavy atom. The molecule has 2 aliphatic rings. The summed E-state index contributed by atoms with van der Waals surface area (Å²) in [5.41, 5.74) is 8.50. The van der Waals surface area contributed by atoms with Crippen LogP contribution in [-0.4, -0.2) is 30.5 Å². The smallest absolute Gasteiger partial charge is 0.175 e. The molecule has 0 amide bonds. The fraction of sp³-hybridized carbons (Fsp3) is 0.412. The van der Waals surface area contributed by atoms with Crippen LogP contribution in [0.4, 0.5) is 5.69 Å². The Hall–Kier alpha value is -1.69. The number of ketones is 1. The van der Waals surface area contributed by atoms with Crippen molar-refractivity contribution in [3.05, 3.63) is 40.6 Å². The summed E-state index contributed by atoms with van der Waals surface area (Å²) in [5.74, 6) is -0.836. The molecule has 0 bridgehead atoms. The third-order valence-corrected chi connectivity index (χ3v) is 4.36. The molecular weight excluding hydrogens is 316 g/mol. The van der Waals surface area contributed by atoms with Crippen LogP contribution in [0, 0.1) is 0 Å². The minimum absolute atomic E-state index is 0.172. The van der Waals surface area contributed by atoms with Crippen LogP contribution in [0.25, 0.3) is 0 Å². The predicted octanol–water partition coefficient (Wildman–Crippen LogP) is 3.14. The minimum atomic E-state index is -0.664. The van der Waals surface area contributed by atoms with E-state index in [-0.39, 0.29) is 11.5 Å². The highest BCUT2D eigenvalue weighted by Crippen LogP contribution is 2.39. The molecule has 6 heteroatoms. The molecule has 2 fully saturated rings. The molecule has 5 nitrogen and oxygen atoms in total. The van der Waals surface area contributed by atoms with Crippen molar-refractivity contribution in [2.75, 3.05) is 13.2 Å². The van der Waals surface area contributed by atoms with Crippen LogP contribution in [0.3, 0.4) is 0 Å². The molecular formula is C17H19ClN2O3. The van der Waals surface area contributed by atoms with Crippen LogP contribution in [0.2, 0.25) is 5.02 Å². The molecule has 122 valence electrons. The molecule has 3 rings (SSSR count). The molecule has 1 aromatic carbocycles. The van der Waals surface area contributed by atoms with Gasteiger partial charge in [0.15, 0.2) is 11.6 Å². The number of nitrogens with zero attached hydrogens (tertiary/aromatic N) is 1. The first kappa shape index (κ1) is 16.2. The van der Waals surface area contributed by atoms with Gasteiger partial charge in [-0.3, -0.25) is 9.79 Å². The molecule has 1 aliphatic carbocycles. The number of nitrogens with two attached hydrogens (primary N) is 1. The van der Waals surface area contributed by atoms with Gasteiger partial charge < -0.3 is 15.2 Å². The maximum Gasteiger partial charge on any atom is 0.175 e. The molecule has 1 heterocycles. The summed E-state index contributed by atoms with van der Waals surface area (Å²) in [6, 6.07) is 7.28. The Labute approximate surface area is 140 Å². The van der Waals surface area contributed by atoms with E-state index in [1.165, 1.54) is 6.92 Å². The second-order valence-corrected chi connectivity index (χ2v) is 6.21. The number of aliphatic imine (C=N–C) groups is 1. The van der Waals surface area contributed by atoms with E-state index >= 15 is 0 Å². The summed E-state index contributed by atoms with van der Waals surface area (Å²) in [7, 11) is 0. The Morgan fingerprint density at radius 2 is 2.09 bits per heavy atom. The molecule has 2 N–H and O–H groups in total. The van der Waals surface area contributed by atoms with E-state index in [1.54, 1.807) is 12.1 Å². The minimum Gasteiger partial charge on any atom is -0.396 e. The maximum absolute atomic E-state index is 11.8. The zero-order valence-electron chi connectivity index (χ0n) is 13.0. The molecule has 23 heavy (non-hydrogen) atoms. The first-order valence-electron chi connectivity index (χ1n) is 7.60. The van der Waals surface area contributed by atoms with E-state index in [0.29, 0.717) is 43.1 Å². The van der Waals surface area contributed by atoms with Gasteiger partial charge >= 0.3 is 0 Å². The lowest BCUT2D eigenvalue weighted by Crippen LogP contribution is -2.38. The summed E-state index contributed by atoms with van der Waals surface area (Å²) in [4.78, 5) is 16.4. The molecule has 1 spiro atoms. The highest BCUT2D eigenvalue weighted by molar-refractivity contribution is 6.30. The lowest BCUT2D eigenvalue weighted by Gasteiger charge is -2.34. The molecule has 1 saturated heterocycles. The third-order valence-electron chi connectivity index (χ3n) is 4.13. The highest BCUT2D eigenvalue weighted by atomic mass is 35.5. The number of hydrogen-bond acceptors (Lipinski definition) is 5. The summed E-state index contributed by atoms with van der Waals surface area (Å²) in [6.07, 6.45) is 1.77. The average Bonchev–Trinajstić information content (AvgIpc) is 2.97. The molecule has 1 saturated carbocycles. The van der Waals surface area contributed by atoms with Crippen molar-refractivity contribution in [1.82, 2.24) is 0 Å². The largest absolute Gasteiger partial charge is 0.396 e. The SMILES string of the molecule is CC(=O)/C(N)=C1\CC2(CCC1=Nc1cccc(Cl)c1)OCCO2. The van der Waals surface area contributed by atoms with E-state index in [4.69, 9.17) is 26.8 Å². The number of rotatable bonds is 2. The molecule has 0 atom stereocenters. The van der Waals surface area contributed by atoms with Gasteiger partial charge in [0.05, 0.1) is 24.6 Å². The van der Waals surface area contributed by atoms with Gasteiger partial charge in [0.25, 0.3) is 0 Å². The fourth-order valence-electron chi connectivity index (χ4n) is 2.95. The molecule has 0 unspecified atom stereocenters. The Balaban J connectivity index is 1.98. The van der Waals surface area contributed by atoms with Crippen LogP contribution in [0.15, 0.2) is 40.5 Å². The van der Waals surface area contributed by atoms with E-state index < -0.39 is 5.79 Å². The maximum atomic E-state index is 11.8. The van der Waals surface area contributed by atoms with Gasteiger partial charge in [-0.25, -0.2) is 0 Å². The van der Waals surface area contributed by atoms with Crippen LogP contribution in [0.5, 0.6) is 0 Å².